The van der Waals surface area contributed by atoms with Gasteiger partial charge in [0, 0.05) is 17.6 Å². The van der Waals surface area contributed by atoms with Crippen LogP contribution in [-0.4, -0.2) is 52.8 Å². The number of fused-ring (bicyclic) bond motifs is 1. The van der Waals surface area contributed by atoms with Gasteiger partial charge in [0.15, 0.2) is 0 Å². The van der Waals surface area contributed by atoms with Crippen molar-refractivity contribution in [3.8, 4) is 5.75 Å². The van der Waals surface area contributed by atoms with Gasteiger partial charge >= 0.3 is 5.97 Å². The molecular weight excluding hydrogens is 342 g/mol. The molecule has 0 saturated heterocycles. The first-order valence-corrected chi connectivity index (χ1v) is 8.92. The Morgan fingerprint density at radius 1 is 1.22 bits per heavy atom. The number of benzene rings is 1. The maximum Gasteiger partial charge on any atom is 0.352 e. The molecule has 0 bridgehead atoms. The number of carbonyl (C=O) groups is 1. The molecule has 0 radical (unpaired) electrons. The average Bonchev–Trinajstić information content (AvgIpc) is 2.93. The third-order valence-corrected chi connectivity index (χ3v) is 4.45. The number of aromatic nitrogens is 2. The van der Waals surface area contributed by atoms with Crippen LogP contribution in [0, 0.1) is 13.8 Å². The van der Waals surface area contributed by atoms with Crippen molar-refractivity contribution in [3.63, 3.8) is 0 Å². The average molecular weight is 367 g/mol. The van der Waals surface area contributed by atoms with Gasteiger partial charge in [0.2, 0.25) is 0 Å². The summed E-state index contributed by atoms with van der Waals surface area (Å²) in [6.45, 7) is 5.72. The van der Waals surface area contributed by atoms with E-state index in [0.717, 1.165) is 40.1 Å². The van der Waals surface area contributed by atoms with Crippen molar-refractivity contribution in [2.24, 2.45) is 0 Å². The van der Waals surface area contributed by atoms with Crippen molar-refractivity contribution in [1.29, 1.82) is 0 Å². The summed E-state index contributed by atoms with van der Waals surface area (Å²) in [6.07, 6.45) is 0. The van der Waals surface area contributed by atoms with Crippen LogP contribution in [0.1, 0.15) is 27.4 Å². The molecule has 3 aromatic rings. The minimum atomic E-state index is -0.951. The van der Waals surface area contributed by atoms with Gasteiger partial charge in [-0.15, -0.1) is 0 Å². The first-order chi connectivity index (χ1) is 12.8. The predicted molar refractivity (Wildman–Crippen MR) is 106 cm³/mol. The maximum atomic E-state index is 11.8. The third-order valence-electron chi connectivity index (χ3n) is 4.45. The summed E-state index contributed by atoms with van der Waals surface area (Å²) >= 11 is 0. The minimum Gasteiger partial charge on any atom is -0.492 e. The molecule has 0 unspecified atom stereocenters. The molecule has 0 fully saturated rings. The molecule has 1 N–H and O–H groups in total. The van der Waals surface area contributed by atoms with E-state index in [1.807, 2.05) is 62.8 Å². The summed E-state index contributed by atoms with van der Waals surface area (Å²) in [6, 6.07) is 11.4. The summed E-state index contributed by atoms with van der Waals surface area (Å²) in [5.41, 5.74) is 3.87. The Balaban J connectivity index is 2.01. The molecule has 0 aliphatic carbocycles. The predicted octanol–water partition coefficient (Wildman–Crippen LogP) is 3.34. The fraction of sp³-hybridized carbons (Fsp3) is 0.333. The van der Waals surface area contributed by atoms with Crippen LogP contribution < -0.4 is 4.74 Å². The Bertz CT molecular complexity index is 976. The molecule has 3 rings (SSSR count). The maximum absolute atomic E-state index is 11.8. The number of carboxylic acid groups (broad SMARTS) is 1. The first kappa shape index (κ1) is 18.9. The highest BCUT2D eigenvalue weighted by molar-refractivity contribution is 5.96. The second kappa shape index (κ2) is 7.80. The van der Waals surface area contributed by atoms with Crippen LogP contribution in [0.2, 0.25) is 0 Å². The highest BCUT2D eigenvalue weighted by atomic mass is 16.5. The second-order valence-electron chi connectivity index (χ2n) is 7.02. The zero-order chi connectivity index (χ0) is 19.6. The Kier molecular flexibility index (Phi) is 5.46. The van der Waals surface area contributed by atoms with Gasteiger partial charge in [-0.2, -0.15) is 0 Å². The van der Waals surface area contributed by atoms with Crippen LogP contribution in [0.5, 0.6) is 5.75 Å². The van der Waals surface area contributed by atoms with Crippen LogP contribution in [0.4, 0.5) is 0 Å². The summed E-state index contributed by atoms with van der Waals surface area (Å²) in [4.78, 5) is 18.4. The molecule has 0 saturated carbocycles. The molecule has 6 nitrogen and oxygen atoms in total. The van der Waals surface area contributed by atoms with Crippen molar-refractivity contribution < 1.29 is 14.6 Å². The van der Waals surface area contributed by atoms with Crippen molar-refractivity contribution in [2.75, 3.05) is 27.2 Å². The number of aryl methyl sites for hydroxylation is 2. The minimum absolute atomic E-state index is 0.252. The number of ether oxygens (including phenoxy) is 1. The van der Waals surface area contributed by atoms with Gasteiger partial charge in [-0.25, -0.2) is 4.79 Å². The number of hydrogen-bond donors (Lipinski definition) is 1. The molecule has 2 heterocycles. The number of hydrogen-bond acceptors (Lipinski definition) is 4. The van der Waals surface area contributed by atoms with E-state index in [9.17, 15) is 9.90 Å². The standard InChI is InChI=1S/C21H25N3O3/c1-14-10-18(27-9-8-23(3)4)11-16-12-19(21(25)26)24(20(14)16)13-17-7-5-6-15(2)22-17/h5-7,10-12H,8-9,13H2,1-4H3,(H,25,26). The van der Waals surface area contributed by atoms with Crippen LogP contribution in [0.3, 0.4) is 0 Å². The number of pyridine rings is 1. The van der Waals surface area contributed by atoms with E-state index in [1.165, 1.54) is 0 Å². The van der Waals surface area contributed by atoms with Gasteiger partial charge in [-0.05, 0) is 63.8 Å². The largest absolute Gasteiger partial charge is 0.492 e. The van der Waals surface area contributed by atoms with Crippen LogP contribution in [0.25, 0.3) is 10.9 Å². The quantitative estimate of drug-likeness (QED) is 0.694. The number of likely N-dealkylation sites (N-methyl/N-ethyl adjacent to an activating group) is 1. The van der Waals surface area contributed by atoms with Crippen molar-refractivity contribution >= 4 is 16.9 Å². The molecular formula is C21H25N3O3. The van der Waals surface area contributed by atoms with E-state index < -0.39 is 5.97 Å². The van der Waals surface area contributed by atoms with Gasteiger partial charge in [0.1, 0.15) is 18.1 Å². The lowest BCUT2D eigenvalue weighted by atomic mass is 10.1. The molecule has 1 aromatic carbocycles. The van der Waals surface area contributed by atoms with Gasteiger partial charge in [-0.1, -0.05) is 6.07 Å². The molecule has 6 heteroatoms. The summed E-state index contributed by atoms with van der Waals surface area (Å²) in [5.74, 6) is -0.196. The molecule has 0 atom stereocenters. The molecule has 27 heavy (non-hydrogen) atoms. The number of nitrogens with zero attached hydrogens (tertiary/aromatic N) is 3. The molecule has 142 valence electrons. The molecule has 0 aliphatic heterocycles. The van der Waals surface area contributed by atoms with Crippen LogP contribution in [0.15, 0.2) is 36.4 Å². The topological polar surface area (TPSA) is 67.6 Å². The van der Waals surface area contributed by atoms with Crippen molar-refractivity contribution in [1.82, 2.24) is 14.5 Å². The van der Waals surface area contributed by atoms with Crippen LogP contribution in [-0.2, 0) is 6.54 Å². The van der Waals surface area contributed by atoms with Crippen molar-refractivity contribution in [3.05, 3.63) is 59.0 Å². The van der Waals surface area contributed by atoms with E-state index in [2.05, 4.69) is 9.88 Å². The summed E-state index contributed by atoms with van der Waals surface area (Å²) in [5, 5.41) is 10.5. The lowest BCUT2D eigenvalue weighted by molar-refractivity contribution is 0.0686. The van der Waals surface area contributed by atoms with E-state index in [0.29, 0.717) is 13.2 Å². The Morgan fingerprint density at radius 2 is 2.00 bits per heavy atom. The number of rotatable bonds is 7. The molecule has 0 spiro atoms. The van der Waals surface area contributed by atoms with E-state index in [4.69, 9.17) is 4.74 Å². The van der Waals surface area contributed by atoms with E-state index in [1.54, 1.807) is 6.07 Å². The Hall–Kier alpha value is -2.86. The first-order valence-electron chi connectivity index (χ1n) is 8.92. The second-order valence-corrected chi connectivity index (χ2v) is 7.02. The van der Waals surface area contributed by atoms with Crippen molar-refractivity contribution in [2.45, 2.75) is 20.4 Å². The summed E-state index contributed by atoms with van der Waals surface area (Å²) < 4.78 is 7.66. The zero-order valence-electron chi connectivity index (χ0n) is 16.2. The number of carboxylic acids is 1. The highest BCUT2D eigenvalue weighted by Crippen LogP contribution is 2.29. The monoisotopic (exact) mass is 367 g/mol. The molecule has 2 aromatic heterocycles. The highest BCUT2D eigenvalue weighted by Gasteiger charge is 2.18. The number of aromatic carboxylic acids is 1. The SMILES string of the molecule is Cc1cccc(Cn2c(C(=O)O)cc3cc(OCCN(C)C)cc(C)c32)n1. The van der Waals surface area contributed by atoms with E-state index >= 15 is 0 Å². The zero-order valence-corrected chi connectivity index (χ0v) is 16.2. The lowest BCUT2D eigenvalue weighted by Gasteiger charge is -2.13. The Morgan fingerprint density at radius 3 is 2.67 bits per heavy atom. The van der Waals surface area contributed by atoms with Gasteiger partial charge < -0.3 is 19.3 Å². The molecule has 0 aliphatic rings. The fourth-order valence-corrected chi connectivity index (χ4v) is 3.22. The van der Waals surface area contributed by atoms with E-state index in [-0.39, 0.29) is 5.69 Å². The lowest BCUT2D eigenvalue weighted by Crippen LogP contribution is -2.19. The molecule has 0 amide bonds. The Labute approximate surface area is 159 Å². The van der Waals surface area contributed by atoms with Gasteiger partial charge in [0.25, 0.3) is 0 Å². The summed E-state index contributed by atoms with van der Waals surface area (Å²) in [7, 11) is 3.99. The van der Waals surface area contributed by atoms with Gasteiger partial charge in [-0.3, -0.25) is 4.98 Å². The fourth-order valence-electron chi connectivity index (χ4n) is 3.22. The normalized spacial score (nSPS) is 11.3. The third kappa shape index (κ3) is 4.28. The smallest absolute Gasteiger partial charge is 0.352 e. The van der Waals surface area contributed by atoms with Gasteiger partial charge in [0.05, 0.1) is 17.8 Å². The van der Waals surface area contributed by atoms with Crippen LogP contribution >= 0.6 is 0 Å².